The largest absolute Gasteiger partial charge is 0.392 e. The van der Waals surface area contributed by atoms with E-state index >= 15 is 0 Å². The summed E-state index contributed by atoms with van der Waals surface area (Å²) in [5.41, 5.74) is 0.883. The lowest BCUT2D eigenvalue weighted by atomic mass is 9.99. The molecule has 0 saturated carbocycles. The van der Waals surface area contributed by atoms with Gasteiger partial charge in [-0.3, -0.25) is 4.90 Å². The van der Waals surface area contributed by atoms with Gasteiger partial charge in [0.05, 0.1) is 12.6 Å². The van der Waals surface area contributed by atoms with Crippen molar-refractivity contribution in [2.45, 2.75) is 44.4 Å². The first-order valence-electron chi connectivity index (χ1n) is 10.0. The Bertz CT molecular complexity index is 773. The third-order valence-electron chi connectivity index (χ3n) is 5.59. The number of amides is 2. The van der Waals surface area contributed by atoms with Crippen molar-refractivity contribution >= 4 is 6.03 Å². The fourth-order valence-corrected chi connectivity index (χ4v) is 4.04. The lowest BCUT2D eigenvalue weighted by molar-refractivity contribution is 0.0291. The average molecular weight is 385 g/mol. The van der Waals surface area contributed by atoms with Gasteiger partial charge in [0.1, 0.15) is 0 Å². The van der Waals surface area contributed by atoms with E-state index in [4.69, 9.17) is 4.52 Å². The van der Waals surface area contributed by atoms with Gasteiger partial charge in [0.2, 0.25) is 11.7 Å². The first-order chi connectivity index (χ1) is 13.7. The molecular formula is C20H27N5O3. The van der Waals surface area contributed by atoms with Crippen molar-refractivity contribution in [3.63, 3.8) is 0 Å². The van der Waals surface area contributed by atoms with Crippen LogP contribution in [-0.4, -0.2) is 69.4 Å². The summed E-state index contributed by atoms with van der Waals surface area (Å²) in [6.07, 6.45) is 3.64. The minimum atomic E-state index is -0.203. The third-order valence-corrected chi connectivity index (χ3v) is 5.59. The third kappa shape index (κ3) is 4.51. The molecule has 1 aromatic carbocycles. The number of carbonyl (C=O) groups is 1. The number of hydrogen-bond donors (Lipinski definition) is 2. The second-order valence-electron chi connectivity index (χ2n) is 7.55. The fourth-order valence-electron chi connectivity index (χ4n) is 4.04. The standard InChI is InChI=1S/C20H27N5O3/c26-17-7-4-10-25(14-17)16-8-11-24(12-9-16)20(27)21-13-18-22-19(23-28-18)15-5-2-1-3-6-15/h1-3,5-6,16-17,26H,4,7-14H2,(H,21,27)/t17-/m1/s1. The maximum atomic E-state index is 12.5. The summed E-state index contributed by atoms with van der Waals surface area (Å²) >= 11 is 0. The molecular weight excluding hydrogens is 358 g/mol. The summed E-state index contributed by atoms with van der Waals surface area (Å²) in [6.45, 7) is 3.48. The number of piperidine rings is 2. The number of hydrogen-bond acceptors (Lipinski definition) is 6. The van der Waals surface area contributed by atoms with Crippen LogP contribution in [0.1, 0.15) is 31.6 Å². The first kappa shape index (κ1) is 18.9. The molecule has 8 heteroatoms. The zero-order chi connectivity index (χ0) is 19.3. The number of aliphatic hydroxyl groups is 1. The molecule has 1 aromatic heterocycles. The molecule has 4 rings (SSSR count). The predicted molar refractivity (Wildman–Crippen MR) is 103 cm³/mol. The minimum absolute atomic E-state index is 0.100. The summed E-state index contributed by atoms with van der Waals surface area (Å²) in [7, 11) is 0. The Kier molecular flexibility index (Phi) is 5.87. The van der Waals surface area contributed by atoms with Gasteiger partial charge < -0.3 is 19.8 Å². The number of aromatic nitrogens is 2. The molecule has 8 nitrogen and oxygen atoms in total. The Morgan fingerprint density at radius 2 is 1.96 bits per heavy atom. The number of aliphatic hydroxyl groups excluding tert-OH is 1. The van der Waals surface area contributed by atoms with Gasteiger partial charge in [0, 0.05) is 31.2 Å². The lowest BCUT2D eigenvalue weighted by Crippen LogP contribution is -2.52. The van der Waals surface area contributed by atoms with Gasteiger partial charge in [0.15, 0.2) is 0 Å². The number of carbonyl (C=O) groups excluding carboxylic acids is 1. The van der Waals surface area contributed by atoms with Gasteiger partial charge >= 0.3 is 6.03 Å². The Morgan fingerprint density at radius 1 is 1.18 bits per heavy atom. The first-order valence-corrected chi connectivity index (χ1v) is 10.0. The second-order valence-corrected chi connectivity index (χ2v) is 7.55. The molecule has 0 unspecified atom stereocenters. The molecule has 2 saturated heterocycles. The number of likely N-dealkylation sites (tertiary alicyclic amines) is 2. The molecule has 28 heavy (non-hydrogen) atoms. The van der Waals surface area contributed by atoms with Crippen LogP contribution in [0.4, 0.5) is 4.79 Å². The minimum Gasteiger partial charge on any atom is -0.392 e. The highest BCUT2D eigenvalue weighted by Gasteiger charge is 2.29. The van der Waals surface area contributed by atoms with Gasteiger partial charge in [-0.2, -0.15) is 4.98 Å². The van der Waals surface area contributed by atoms with Crippen LogP contribution in [0, 0.1) is 0 Å². The zero-order valence-electron chi connectivity index (χ0n) is 16.0. The van der Waals surface area contributed by atoms with Crippen molar-refractivity contribution in [1.82, 2.24) is 25.3 Å². The van der Waals surface area contributed by atoms with Gasteiger partial charge in [-0.25, -0.2) is 4.79 Å². The topological polar surface area (TPSA) is 94.7 Å². The van der Waals surface area contributed by atoms with E-state index in [2.05, 4.69) is 20.4 Å². The van der Waals surface area contributed by atoms with Crippen LogP contribution in [-0.2, 0) is 6.54 Å². The van der Waals surface area contributed by atoms with Crippen molar-refractivity contribution in [1.29, 1.82) is 0 Å². The highest BCUT2D eigenvalue weighted by Crippen LogP contribution is 2.21. The van der Waals surface area contributed by atoms with E-state index < -0.39 is 0 Å². The normalized spacial score (nSPS) is 21.6. The molecule has 2 N–H and O–H groups in total. The molecule has 0 spiro atoms. The van der Waals surface area contributed by atoms with Crippen molar-refractivity contribution < 1.29 is 14.4 Å². The quantitative estimate of drug-likeness (QED) is 0.834. The molecule has 1 atom stereocenters. The molecule has 150 valence electrons. The molecule has 2 aromatic rings. The SMILES string of the molecule is O=C(NCc1nc(-c2ccccc2)no1)N1CCC(N2CCC[C@@H](O)C2)CC1. The number of β-amino-alcohol motifs (C(OH)–C–C–N with tert-alkyl or cyclic N) is 1. The Morgan fingerprint density at radius 3 is 2.71 bits per heavy atom. The van der Waals surface area contributed by atoms with Gasteiger partial charge in [-0.05, 0) is 32.2 Å². The van der Waals surface area contributed by atoms with Crippen molar-refractivity contribution in [2.24, 2.45) is 0 Å². The van der Waals surface area contributed by atoms with E-state index in [1.165, 1.54) is 0 Å². The average Bonchev–Trinajstić information content (AvgIpc) is 3.22. The molecule has 2 aliphatic rings. The van der Waals surface area contributed by atoms with Crippen LogP contribution in [0.5, 0.6) is 0 Å². The summed E-state index contributed by atoms with van der Waals surface area (Å²) in [4.78, 5) is 21.0. The molecule has 0 radical (unpaired) electrons. The number of benzene rings is 1. The van der Waals surface area contributed by atoms with E-state index in [0.717, 1.165) is 57.4 Å². The number of nitrogens with one attached hydrogen (secondary N) is 1. The van der Waals surface area contributed by atoms with Gasteiger partial charge in [0.25, 0.3) is 0 Å². The van der Waals surface area contributed by atoms with Crippen LogP contribution in [0.25, 0.3) is 11.4 Å². The van der Waals surface area contributed by atoms with Gasteiger partial charge in [-0.1, -0.05) is 35.5 Å². The second kappa shape index (κ2) is 8.70. The van der Waals surface area contributed by atoms with Crippen LogP contribution >= 0.6 is 0 Å². The van der Waals surface area contributed by atoms with Crippen molar-refractivity contribution in [3.8, 4) is 11.4 Å². The number of urea groups is 1. The maximum absolute atomic E-state index is 12.5. The molecule has 2 fully saturated rings. The Hall–Kier alpha value is -2.45. The zero-order valence-corrected chi connectivity index (χ0v) is 16.0. The predicted octanol–water partition coefficient (Wildman–Crippen LogP) is 1.87. The summed E-state index contributed by atoms with van der Waals surface area (Å²) in [5.74, 6) is 0.916. The Labute approximate surface area is 164 Å². The van der Waals surface area contributed by atoms with Crippen LogP contribution in [0.3, 0.4) is 0 Å². The molecule has 0 aliphatic carbocycles. The molecule has 2 aliphatic heterocycles. The molecule has 0 bridgehead atoms. The van der Waals surface area contributed by atoms with Crippen LogP contribution in [0.15, 0.2) is 34.9 Å². The smallest absolute Gasteiger partial charge is 0.317 e. The van der Waals surface area contributed by atoms with E-state index in [-0.39, 0.29) is 18.7 Å². The number of nitrogens with zero attached hydrogens (tertiary/aromatic N) is 4. The van der Waals surface area contributed by atoms with E-state index in [1.807, 2.05) is 35.2 Å². The van der Waals surface area contributed by atoms with Gasteiger partial charge in [-0.15, -0.1) is 0 Å². The van der Waals surface area contributed by atoms with E-state index in [9.17, 15) is 9.90 Å². The highest BCUT2D eigenvalue weighted by molar-refractivity contribution is 5.74. The van der Waals surface area contributed by atoms with Crippen molar-refractivity contribution in [3.05, 3.63) is 36.2 Å². The van der Waals surface area contributed by atoms with E-state index in [1.54, 1.807) is 0 Å². The summed E-state index contributed by atoms with van der Waals surface area (Å²) < 4.78 is 5.24. The fraction of sp³-hybridized carbons (Fsp3) is 0.550. The van der Waals surface area contributed by atoms with Crippen LogP contribution < -0.4 is 5.32 Å². The van der Waals surface area contributed by atoms with E-state index in [0.29, 0.717) is 17.8 Å². The summed E-state index contributed by atoms with van der Waals surface area (Å²) in [5, 5.41) is 16.7. The van der Waals surface area contributed by atoms with Crippen molar-refractivity contribution in [2.75, 3.05) is 26.2 Å². The highest BCUT2D eigenvalue weighted by atomic mass is 16.5. The Balaban J connectivity index is 1.23. The number of rotatable bonds is 4. The van der Waals surface area contributed by atoms with Crippen LogP contribution in [0.2, 0.25) is 0 Å². The summed E-state index contributed by atoms with van der Waals surface area (Å²) in [6, 6.07) is 9.96. The monoisotopic (exact) mass is 385 g/mol. The lowest BCUT2D eigenvalue weighted by Gasteiger charge is -2.41. The molecule has 2 amide bonds. The molecule has 3 heterocycles. The maximum Gasteiger partial charge on any atom is 0.317 e.